The van der Waals surface area contributed by atoms with E-state index in [4.69, 9.17) is 11.6 Å². The number of rotatable bonds is 8. The van der Waals surface area contributed by atoms with Gasteiger partial charge >= 0.3 is 0 Å². The molecule has 0 spiro atoms. The molecular weight excluding hydrogens is 326 g/mol. The van der Waals surface area contributed by atoms with Crippen LogP contribution in [0, 0.1) is 5.92 Å². The highest BCUT2D eigenvalue weighted by molar-refractivity contribution is 7.91. The van der Waals surface area contributed by atoms with E-state index in [0.717, 1.165) is 0 Å². The van der Waals surface area contributed by atoms with Gasteiger partial charge in [-0.2, -0.15) is 0 Å². The Labute approximate surface area is 136 Å². The molecule has 22 heavy (non-hydrogen) atoms. The number of amides is 1. The van der Waals surface area contributed by atoms with Crippen LogP contribution in [0.25, 0.3) is 0 Å². The number of aliphatic hydroxyl groups is 1. The largest absolute Gasteiger partial charge is 0.394 e. The predicted octanol–water partition coefficient (Wildman–Crippen LogP) is 2.03. The van der Waals surface area contributed by atoms with Gasteiger partial charge in [-0.15, -0.1) is 0 Å². The van der Waals surface area contributed by atoms with Gasteiger partial charge in [0.1, 0.15) is 0 Å². The first kappa shape index (κ1) is 18.9. The monoisotopic (exact) mass is 347 g/mol. The van der Waals surface area contributed by atoms with Crippen LogP contribution in [0.5, 0.6) is 0 Å². The van der Waals surface area contributed by atoms with Crippen LogP contribution in [0.4, 0.5) is 0 Å². The van der Waals surface area contributed by atoms with Gasteiger partial charge in [0, 0.05) is 6.42 Å². The molecule has 1 aromatic rings. The number of hydrogen-bond acceptors (Lipinski definition) is 4. The lowest BCUT2D eigenvalue weighted by atomic mass is 10.0. The van der Waals surface area contributed by atoms with Crippen LogP contribution in [-0.2, 0) is 14.6 Å². The topological polar surface area (TPSA) is 83.5 Å². The molecule has 1 rings (SSSR count). The molecule has 0 fully saturated rings. The fraction of sp³-hybridized carbons (Fsp3) is 0.533. The summed E-state index contributed by atoms with van der Waals surface area (Å²) >= 11 is 5.88. The molecule has 0 heterocycles. The van der Waals surface area contributed by atoms with Gasteiger partial charge in [-0.05, 0) is 24.5 Å². The van der Waals surface area contributed by atoms with E-state index in [1.54, 1.807) is 12.1 Å². The second-order valence-electron chi connectivity index (χ2n) is 5.58. The average Bonchev–Trinajstić information content (AvgIpc) is 2.44. The zero-order valence-electron chi connectivity index (χ0n) is 12.8. The first-order valence-corrected chi connectivity index (χ1v) is 9.16. The van der Waals surface area contributed by atoms with Gasteiger partial charge in [0.2, 0.25) is 5.91 Å². The highest BCUT2D eigenvalue weighted by atomic mass is 35.5. The van der Waals surface area contributed by atoms with Crippen molar-refractivity contribution in [1.82, 2.24) is 5.32 Å². The predicted molar refractivity (Wildman–Crippen MR) is 86.6 cm³/mol. The van der Waals surface area contributed by atoms with Crippen molar-refractivity contribution in [2.75, 3.05) is 12.4 Å². The maximum absolute atomic E-state index is 12.2. The van der Waals surface area contributed by atoms with Gasteiger partial charge < -0.3 is 10.4 Å². The zero-order chi connectivity index (χ0) is 16.8. The van der Waals surface area contributed by atoms with Crippen molar-refractivity contribution in [3.63, 3.8) is 0 Å². The lowest BCUT2D eigenvalue weighted by Gasteiger charge is -2.18. The van der Waals surface area contributed by atoms with E-state index < -0.39 is 15.7 Å². The zero-order valence-corrected chi connectivity index (χ0v) is 14.3. The van der Waals surface area contributed by atoms with E-state index in [-0.39, 0.29) is 34.7 Å². The Bertz CT molecular complexity index is 601. The van der Waals surface area contributed by atoms with Crippen LogP contribution in [0.2, 0.25) is 5.02 Å². The molecule has 1 aromatic carbocycles. The molecule has 5 nitrogen and oxygen atoms in total. The van der Waals surface area contributed by atoms with Crippen molar-refractivity contribution in [3.8, 4) is 0 Å². The quantitative estimate of drug-likeness (QED) is 0.753. The molecule has 0 aliphatic rings. The Morgan fingerprint density at radius 1 is 1.32 bits per heavy atom. The number of carbonyl (C=O) groups is 1. The van der Waals surface area contributed by atoms with Crippen molar-refractivity contribution in [2.45, 2.75) is 37.6 Å². The van der Waals surface area contributed by atoms with Gasteiger partial charge in [-0.1, -0.05) is 37.6 Å². The summed E-state index contributed by atoms with van der Waals surface area (Å²) in [6, 6.07) is 5.80. The highest BCUT2D eigenvalue weighted by Crippen LogP contribution is 2.22. The molecule has 0 saturated carbocycles. The van der Waals surface area contributed by atoms with Crippen LogP contribution in [0.15, 0.2) is 29.2 Å². The van der Waals surface area contributed by atoms with Crippen LogP contribution in [0.3, 0.4) is 0 Å². The molecule has 0 unspecified atom stereocenters. The lowest BCUT2D eigenvalue weighted by Crippen LogP contribution is -2.39. The summed E-state index contributed by atoms with van der Waals surface area (Å²) in [5, 5.41) is 12.0. The van der Waals surface area contributed by atoms with Gasteiger partial charge in [0.05, 0.1) is 28.3 Å². The summed E-state index contributed by atoms with van der Waals surface area (Å²) in [6.45, 7) is 3.80. The summed E-state index contributed by atoms with van der Waals surface area (Å²) in [5.41, 5.74) is 0. The Morgan fingerprint density at radius 3 is 2.50 bits per heavy atom. The number of hydrogen-bond donors (Lipinski definition) is 2. The van der Waals surface area contributed by atoms with E-state index in [9.17, 15) is 18.3 Å². The first-order chi connectivity index (χ1) is 10.3. The fourth-order valence-corrected chi connectivity index (χ4v) is 3.90. The molecular formula is C15H22ClNO4S. The molecule has 7 heteroatoms. The first-order valence-electron chi connectivity index (χ1n) is 7.13. The van der Waals surface area contributed by atoms with Crippen molar-refractivity contribution >= 4 is 27.3 Å². The molecule has 0 radical (unpaired) electrons. The second kappa shape index (κ2) is 8.50. The highest BCUT2D eigenvalue weighted by Gasteiger charge is 2.20. The minimum Gasteiger partial charge on any atom is -0.394 e. The van der Waals surface area contributed by atoms with Gasteiger partial charge in [0.15, 0.2) is 9.84 Å². The number of aliphatic hydroxyl groups excluding tert-OH is 1. The van der Waals surface area contributed by atoms with E-state index in [1.165, 1.54) is 12.1 Å². The molecule has 0 bridgehead atoms. The van der Waals surface area contributed by atoms with E-state index in [2.05, 4.69) is 5.32 Å². The van der Waals surface area contributed by atoms with Crippen molar-refractivity contribution < 1.29 is 18.3 Å². The van der Waals surface area contributed by atoms with Crippen LogP contribution in [0.1, 0.15) is 26.7 Å². The van der Waals surface area contributed by atoms with Crippen LogP contribution in [-0.4, -0.2) is 37.8 Å². The lowest BCUT2D eigenvalue weighted by molar-refractivity contribution is -0.121. The maximum Gasteiger partial charge on any atom is 0.221 e. The smallest absolute Gasteiger partial charge is 0.221 e. The Balaban J connectivity index is 2.61. The minimum absolute atomic E-state index is 0.0327. The normalized spacial score (nSPS) is 13.1. The van der Waals surface area contributed by atoms with Crippen molar-refractivity contribution in [1.29, 1.82) is 0 Å². The SMILES string of the molecule is CC(C)C[C@H](CO)NC(=O)CCS(=O)(=O)c1ccccc1Cl. The third-order valence-corrected chi connectivity index (χ3v) is 5.32. The Hall–Kier alpha value is -1.11. The van der Waals surface area contributed by atoms with E-state index >= 15 is 0 Å². The number of sulfone groups is 1. The molecule has 1 atom stereocenters. The Kier molecular flexibility index (Phi) is 7.32. The summed E-state index contributed by atoms with van der Waals surface area (Å²) < 4.78 is 24.4. The summed E-state index contributed by atoms with van der Waals surface area (Å²) in [6.07, 6.45) is 0.474. The number of halogens is 1. The van der Waals surface area contributed by atoms with Crippen molar-refractivity contribution in [3.05, 3.63) is 29.3 Å². The molecule has 1 amide bonds. The van der Waals surface area contributed by atoms with Gasteiger partial charge in [-0.3, -0.25) is 4.79 Å². The fourth-order valence-electron chi connectivity index (χ4n) is 2.08. The van der Waals surface area contributed by atoms with Crippen LogP contribution >= 0.6 is 11.6 Å². The van der Waals surface area contributed by atoms with Gasteiger partial charge in [-0.25, -0.2) is 8.42 Å². The molecule has 2 N–H and O–H groups in total. The molecule has 0 aliphatic carbocycles. The maximum atomic E-state index is 12.2. The summed E-state index contributed by atoms with van der Waals surface area (Å²) in [4.78, 5) is 11.9. The molecule has 124 valence electrons. The molecule has 0 aromatic heterocycles. The Morgan fingerprint density at radius 2 is 1.95 bits per heavy atom. The number of nitrogens with one attached hydrogen (secondary N) is 1. The van der Waals surface area contributed by atoms with Crippen LogP contribution < -0.4 is 5.32 Å². The minimum atomic E-state index is -3.61. The van der Waals surface area contributed by atoms with E-state index in [1.807, 2.05) is 13.8 Å². The third kappa shape index (κ3) is 5.94. The number of carbonyl (C=O) groups excluding carboxylic acids is 1. The van der Waals surface area contributed by atoms with Crippen molar-refractivity contribution in [2.24, 2.45) is 5.92 Å². The second-order valence-corrected chi connectivity index (χ2v) is 8.06. The van der Waals surface area contributed by atoms with E-state index in [0.29, 0.717) is 12.3 Å². The molecule has 0 aliphatic heterocycles. The number of benzene rings is 1. The standard InChI is InChI=1S/C15H22ClNO4S/c1-11(2)9-12(10-18)17-15(19)7-8-22(20,21)14-6-4-3-5-13(14)16/h3-6,11-12,18H,7-10H2,1-2H3,(H,17,19)/t12-/m1/s1. The average molecular weight is 348 g/mol. The summed E-state index contributed by atoms with van der Waals surface area (Å²) in [7, 11) is -3.61. The van der Waals surface area contributed by atoms with Gasteiger partial charge in [0.25, 0.3) is 0 Å². The molecule has 0 saturated heterocycles. The third-order valence-electron chi connectivity index (χ3n) is 3.11. The summed E-state index contributed by atoms with van der Waals surface area (Å²) in [5.74, 6) is -0.387.